The quantitative estimate of drug-likeness (QED) is 0.894. The van der Waals surface area contributed by atoms with Crippen LogP contribution in [0, 0.1) is 19.7 Å². The summed E-state index contributed by atoms with van der Waals surface area (Å²) in [7, 11) is 0. The van der Waals surface area contributed by atoms with Gasteiger partial charge in [-0.2, -0.15) is 0 Å². The van der Waals surface area contributed by atoms with E-state index in [-0.39, 0.29) is 17.9 Å². The Balaban J connectivity index is 1.97. The minimum absolute atomic E-state index is 0.170. The molecule has 2 aromatic rings. The fraction of sp³-hybridized carbons (Fsp3) is 0.438. The molecule has 2 rings (SSSR count). The third-order valence-corrected chi connectivity index (χ3v) is 4.55. The van der Waals surface area contributed by atoms with Gasteiger partial charge in [-0.25, -0.2) is 9.37 Å². The molecule has 0 aliphatic heterocycles. The van der Waals surface area contributed by atoms with Gasteiger partial charge in [0.2, 0.25) is 0 Å². The molecule has 2 atom stereocenters. The molecule has 0 saturated carbocycles. The van der Waals surface area contributed by atoms with E-state index in [2.05, 4.69) is 24.1 Å². The van der Waals surface area contributed by atoms with Crippen molar-refractivity contribution in [3.63, 3.8) is 0 Å². The zero-order valence-corrected chi connectivity index (χ0v) is 13.2. The molecule has 108 valence electrons. The molecule has 0 aliphatic rings. The molecule has 20 heavy (non-hydrogen) atoms. The second-order valence-corrected chi connectivity index (χ2v) is 6.54. The van der Waals surface area contributed by atoms with Crippen LogP contribution in [0.2, 0.25) is 0 Å². The Morgan fingerprint density at radius 1 is 1.30 bits per heavy atom. The van der Waals surface area contributed by atoms with Gasteiger partial charge in [-0.3, -0.25) is 0 Å². The Bertz CT molecular complexity index is 580. The van der Waals surface area contributed by atoms with E-state index < -0.39 is 0 Å². The molecular weight excluding hydrogens is 271 g/mol. The Morgan fingerprint density at radius 3 is 2.65 bits per heavy atom. The number of hydrogen-bond acceptors (Lipinski definition) is 3. The van der Waals surface area contributed by atoms with Crippen LogP contribution in [0.25, 0.3) is 0 Å². The summed E-state index contributed by atoms with van der Waals surface area (Å²) in [6, 6.07) is 7.36. The number of nitrogens with one attached hydrogen (secondary N) is 1. The highest BCUT2D eigenvalue weighted by molar-refractivity contribution is 7.11. The predicted octanol–water partition coefficient (Wildman–Crippen LogP) is 4.18. The van der Waals surface area contributed by atoms with E-state index >= 15 is 0 Å². The van der Waals surface area contributed by atoms with Gasteiger partial charge >= 0.3 is 0 Å². The van der Waals surface area contributed by atoms with E-state index in [0.717, 1.165) is 22.7 Å². The van der Waals surface area contributed by atoms with Crippen LogP contribution in [0.4, 0.5) is 4.39 Å². The van der Waals surface area contributed by atoms with Gasteiger partial charge in [-0.15, -0.1) is 11.3 Å². The second kappa shape index (κ2) is 6.46. The van der Waals surface area contributed by atoms with Gasteiger partial charge in [0.1, 0.15) is 5.82 Å². The van der Waals surface area contributed by atoms with Crippen LogP contribution in [-0.4, -0.2) is 11.0 Å². The topological polar surface area (TPSA) is 24.9 Å². The standard InChI is InChI=1S/C16H21FN2S/c1-10(8-14-6-5-7-15(17)9-14)18-11(2)16-12(3)19-13(4)20-16/h5-7,9-11,18H,8H2,1-4H3. The zero-order chi connectivity index (χ0) is 14.7. The Kier molecular flexibility index (Phi) is 4.89. The van der Waals surface area contributed by atoms with Crippen LogP contribution in [0.1, 0.15) is 41.0 Å². The van der Waals surface area contributed by atoms with E-state index in [1.165, 1.54) is 10.9 Å². The van der Waals surface area contributed by atoms with Gasteiger partial charge in [-0.05, 0) is 51.8 Å². The average molecular weight is 292 g/mol. The first-order valence-corrected chi connectivity index (χ1v) is 7.71. The summed E-state index contributed by atoms with van der Waals surface area (Å²) < 4.78 is 13.2. The summed E-state index contributed by atoms with van der Waals surface area (Å²) in [5, 5.41) is 4.67. The summed E-state index contributed by atoms with van der Waals surface area (Å²) in [5.41, 5.74) is 2.12. The lowest BCUT2D eigenvalue weighted by Gasteiger charge is -2.19. The summed E-state index contributed by atoms with van der Waals surface area (Å²) in [6.07, 6.45) is 0.818. The number of nitrogens with zero attached hydrogens (tertiary/aromatic N) is 1. The lowest BCUT2D eigenvalue weighted by molar-refractivity contribution is 0.479. The maximum atomic E-state index is 13.2. The normalized spacial score (nSPS) is 14.2. The first kappa shape index (κ1) is 15.1. The van der Waals surface area contributed by atoms with Crippen molar-refractivity contribution in [2.75, 3.05) is 0 Å². The molecule has 0 fully saturated rings. The minimum atomic E-state index is -0.170. The van der Waals surface area contributed by atoms with E-state index in [4.69, 9.17) is 0 Å². The van der Waals surface area contributed by atoms with Crippen LogP contribution in [0.5, 0.6) is 0 Å². The van der Waals surface area contributed by atoms with Gasteiger partial charge in [0, 0.05) is 17.0 Å². The average Bonchev–Trinajstić information content (AvgIpc) is 2.68. The highest BCUT2D eigenvalue weighted by atomic mass is 32.1. The third-order valence-electron chi connectivity index (χ3n) is 3.30. The maximum Gasteiger partial charge on any atom is 0.123 e. The molecule has 2 nitrogen and oxygen atoms in total. The smallest absolute Gasteiger partial charge is 0.123 e. The lowest BCUT2D eigenvalue weighted by Crippen LogP contribution is -2.30. The van der Waals surface area contributed by atoms with Gasteiger partial charge < -0.3 is 5.32 Å². The third kappa shape index (κ3) is 3.87. The molecule has 0 spiro atoms. The number of aromatic nitrogens is 1. The number of hydrogen-bond donors (Lipinski definition) is 1. The van der Waals surface area contributed by atoms with Crippen LogP contribution in [-0.2, 0) is 6.42 Å². The molecule has 0 bridgehead atoms. The second-order valence-electron chi connectivity index (χ2n) is 5.31. The summed E-state index contributed by atoms with van der Waals surface area (Å²) in [4.78, 5) is 5.75. The van der Waals surface area contributed by atoms with Crippen LogP contribution in [0.3, 0.4) is 0 Å². The predicted molar refractivity (Wildman–Crippen MR) is 82.7 cm³/mol. The SMILES string of the molecule is Cc1nc(C)c(C(C)NC(C)Cc2cccc(F)c2)s1. The molecule has 4 heteroatoms. The summed E-state index contributed by atoms with van der Waals surface area (Å²) in [6.45, 7) is 8.37. The van der Waals surface area contributed by atoms with Crippen molar-refractivity contribution in [3.05, 3.63) is 51.2 Å². The highest BCUT2D eigenvalue weighted by Crippen LogP contribution is 2.25. The Hall–Kier alpha value is -1.26. The van der Waals surface area contributed by atoms with Gasteiger partial charge in [0.25, 0.3) is 0 Å². The van der Waals surface area contributed by atoms with Crippen molar-refractivity contribution in [1.29, 1.82) is 0 Å². The molecule has 1 aromatic heterocycles. The number of benzene rings is 1. The van der Waals surface area contributed by atoms with E-state index in [9.17, 15) is 4.39 Å². The van der Waals surface area contributed by atoms with Crippen molar-refractivity contribution in [3.8, 4) is 0 Å². The minimum Gasteiger partial charge on any atom is -0.307 e. The molecule has 0 radical (unpaired) electrons. The van der Waals surface area contributed by atoms with E-state index in [1.807, 2.05) is 19.9 Å². The van der Waals surface area contributed by atoms with Crippen molar-refractivity contribution in [2.24, 2.45) is 0 Å². The molecule has 0 amide bonds. The number of rotatable bonds is 5. The fourth-order valence-corrected chi connectivity index (χ4v) is 3.47. The van der Waals surface area contributed by atoms with E-state index in [0.29, 0.717) is 0 Å². The first-order valence-electron chi connectivity index (χ1n) is 6.90. The van der Waals surface area contributed by atoms with Crippen molar-refractivity contribution in [2.45, 2.75) is 46.2 Å². The fourth-order valence-electron chi connectivity index (χ4n) is 2.53. The number of thiazole rings is 1. The lowest BCUT2D eigenvalue weighted by atomic mass is 10.1. The highest BCUT2D eigenvalue weighted by Gasteiger charge is 2.15. The molecule has 1 aromatic carbocycles. The molecule has 1 N–H and O–H groups in total. The van der Waals surface area contributed by atoms with E-state index in [1.54, 1.807) is 23.5 Å². The molecule has 1 heterocycles. The van der Waals surface area contributed by atoms with Crippen LogP contribution < -0.4 is 5.32 Å². The zero-order valence-electron chi connectivity index (χ0n) is 12.4. The van der Waals surface area contributed by atoms with Crippen molar-refractivity contribution in [1.82, 2.24) is 10.3 Å². The molecule has 0 aliphatic carbocycles. The van der Waals surface area contributed by atoms with Crippen LogP contribution >= 0.6 is 11.3 Å². The van der Waals surface area contributed by atoms with Gasteiger partial charge in [0.15, 0.2) is 0 Å². The maximum absolute atomic E-state index is 13.2. The molecule has 0 saturated heterocycles. The largest absolute Gasteiger partial charge is 0.307 e. The Morgan fingerprint density at radius 2 is 2.05 bits per heavy atom. The number of aryl methyl sites for hydroxylation is 2. The number of halogens is 1. The first-order chi connectivity index (χ1) is 9.45. The summed E-state index contributed by atoms with van der Waals surface area (Å²) >= 11 is 1.74. The van der Waals surface area contributed by atoms with Crippen molar-refractivity contribution >= 4 is 11.3 Å². The van der Waals surface area contributed by atoms with Gasteiger partial charge in [-0.1, -0.05) is 12.1 Å². The molecule has 2 unspecified atom stereocenters. The van der Waals surface area contributed by atoms with Gasteiger partial charge in [0.05, 0.1) is 10.7 Å². The molecular formula is C16H21FN2S. The van der Waals surface area contributed by atoms with Crippen LogP contribution in [0.15, 0.2) is 24.3 Å². The summed E-state index contributed by atoms with van der Waals surface area (Å²) in [5.74, 6) is -0.170. The monoisotopic (exact) mass is 292 g/mol. The Labute approximate surface area is 124 Å². The van der Waals surface area contributed by atoms with Crippen molar-refractivity contribution < 1.29 is 4.39 Å².